The Labute approximate surface area is 213 Å². The van der Waals surface area contributed by atoms with Gasteiger partial charge in [-0.1, -0.05) is 37.3 Å². The molecule has 9 heteroatoms. The van der Waals surface area contributed by atoms with Crippen molar-refractivity contribution in [2.75, 3.05) is 12.4 Å². The maximum absolute atomic E-state index is 13.2. The van der Waals surface area contributed by atoms with E-state index in [1.54, 1.807) is 35.7 Å². The van der Waals surface area contributed by atoms with Gasteiger partial charge in [0.1, 0.15) is 17.7 Å². The second-order valence-corrected chi connectivity index (χ2v) is 9.77. The number of nitrogens with zero attached hydrogens (tertiary/aromatic N) is 5. The molecule has 0 radical (unpaired) electrons. The maximum Gasteiger partial charge on any atom is 0.263 e. The molecule has 1 amide bonds. The highest BCUT2D eigenvalue weighted by Crippen LogP contribution is 2.38. The monoisotopic (exact) mass is 500 g/mol. The van der Waals surface area contributed by atoms with Crippen molar-refractivity contribution < 1.29 is 9.53 Å². The zero-order valence-corrected chi connectivity index (χ0v) is 21.5. The number of rotatable bonds is 8. The number of amides is 1. The molecule has 4 heterocycles. The normalized spacial score (nSPS) is 12.1. The third-order valence-corrected chi connectivity index (χ3v) is 7.25. The lowest BCUT2D eigenvalue weighted by molar-refractivity contribution is 0.102. The fraction of sp³-hybridized carbons (Fsp3) is 0.259. The minimum atomic E-state index is -0.339. The Hall–Kier alpha value is -3.98. The summed E-state index contributed by atoms with van der Waals surface area (Å²) in [6, 6.07) is 16.6. The van der Waals surface area contributed by atoms with Gasteiger partial charge in [-0.25, -0.2) is 9.97 Å². The van der Waals surface area contributed by atoms with Gasteiger partial charge in [-0.05, 0) is 38.0 Å². The number of carbonyl (C=O) groups excluding carboxylic acids is 1. The summed E-state index contributed by atoms with van der Waals surface area (Å²) in [5.74, 6) is 0.347. The van der Waals surface area contributed by atoms with E-state index in [0.29, 0.717) is 17.9 Å². The Kier molecular flexibility index (Phi) is 6.56. The van der Waals surface area contributed by atoms with Crippen molar-refractivity contribution in [3.63, 3.8) is 0 Å². The third-order valence-electron chi connectivity index (χ3n) is 6.19. The van der Waals surface area contributed by atoms with Crippen molar-refractivity contribution >= 4 is 28.8 Å². The molecule has 0 saturated heterocycles. The number of methoxy groups -OCH3 is 1. The molecule has 0 aliphatic carbocycles. The van der Waals surface area contributed by atoms with Crippen LogP contribution in [-0.2, 0) is 13.0 Å². The van der Waals surface area contributed by atoms with Crippen molar-refractivity contribution in [1.29, 1.82) is 0 Å². The molecule has 1 aromatic carbocycles. The number of imidazole rings is 1. The molecule has 8 nitrogen and oxygen atoms in total. The topological polar surface area (TPSA) is 86.3 Å². The summed E-state index contributed by atoms with van der Waals surface area (Å²) in [6.45, 7) is 6.86. The smallest absolute Gasteiger partial charge is 0.263 e. The number of pyridine rings is 1. The first kappa shape index (κ1) is 23.7. The van der Waals surface area contributed by atoms with Gasteiger partial charge in [0.15, 0.2) is 0 Å². The van der Waals surface area contributed by atoms with E-state index in [2.05, 4.69) is 65.6 Å². The Balaban J connectivity index is 1.63. The zero-order valence-electron chi connectivity index (χ0n) is 20.7. The molecule has 5 rings (SSSR count). The van der Waals surface area contributed by atoms with Crippen LogP contribution in [0, 0.1) is 6.92 Å². The average molecular weight is 501 g/mol. The van der Waals surface area contributed by atoms with E-state index >= 15 is 0 Å². The van der Waals surface area contributed by atoms with Gasteiger partial charge in [0, 0.05) is 34.3 Å². The van der Waals surface area contributed by atoms with Gasteiger partial charge >= 0.3 is 0 Å². The predicted molar refractivity (Wildman–Crippen MR) is 141 cm³/mol. The number of aromatic nitrogens is 5. The molecule has 0 spiro atoms. The van der Waals surface area contributed by atoms with E-state index in [1.807, 2.05) is 23.5 Å². The molecule has 184 valence electrons. The molecular weight excluding hydrogens is 472 g/mol. The van der Waals surface area contributed by atoms with Crippen LogP contribution in [-0.4, -0.2) is 37.2 Å². The fourth-order valence-electron chi connectivity index (χ4n) is 4.44. The first-order valence-corrected chi connectivity index (χ1v) is 12.7. The number of anilines is 1. The molecule has 0 aliphatic heterocycles. The van der Waals surface area contributed by atoms with Crippen molar-refractivity contribution in [2.45, 2.75) is 39.7 Å². The highest BCUT2D eigenvalue weighted by atomic mass is 32.1. The quantitative estimate of drug-likeness (QED) is 0.312. The Bertz CT molecular complexity index is 1520. The molecule has 1 N–H and O–H groups in total. The van der Waals surface area contributed by atoms with Crippen LogP contribution in [0.5, 0.6) is 5.75 Å². The number of carbonyl (C=O) groups is 1. The number of benzene rings is 1. The predicted octanol–water partition coefficient (Wildman–Crippen LogP) is 5.32. The number of hydrogen-bond donors (Lipinski definition) is 1. The van der Waals surface area contributed by atoms with Crippen molar-refractivity contribution in [3.05, 3.63) is 93.3 Å². The maximum atomic E-state index is 13.2. The van der Waals surface area contributed by atoms with Crippen LogP contribution in [0.2, 0.25) is 0 Å². The summed E-state index contributed by atoms with van der Waals surface area (Å²) in [4.78, 5) is 24.9. The van der Waals surface area contributed by atoms with Crippen molar-refractivity contribution in [2.24, 2.45) is 0 Å². The first-order valence-electron chi connectivity index (χ1n) is 11.9. The zero-order chi connectivity index (χ0) is 25.2. The lowest BCUT2D eigenvalue weighted by Gasteiger charge is -2.16. The Morgan fingerprint density at radius 1 is 1.17 bits per heavy atom. The van der Waals surface area contributed by atoms with Gasteiger partial charge in [-0.15, -0.1) is 16.4 Å². The number of hydrogen-bond acceptors (Lipinski definition) is 6. The largest absolute Gasteiger partial charge is 0.496 e. The van der Waals surface area contributed by atoms with Gasteiger partial charge in [-0.2, -0.15) is 0 Å². The van der Waals surface area contributed by atoms with Crippen LogP contribution in [0.15, 0.2) is 61.1 Å². The second kappa shape index (κ2) is 9.94. The van der Waals surface area contributed by atoms with Crippen molar-refractivity contribution in [1.82, 2.24) is 24.1 Å². The fourth-order valence-corrected chi connectivity index (χ4v) is 5.45. The summed E-state index contributed by atoms with van der Waals surface area (Å²) in [5.41, 5.74) is 4.33. The molecule has 1 unspecified atom stereocenters. The summed E-state index contributed by atoms with van der Waals surface area (Å²) >= 11 is 1.78. The van der Waals surface area contributed by atoms with E-state index < -0.39 is 0 Å². The number of fused-ring (bicyclic) bond motifs is 1. The van der Waals surface area contributed by atoms with E-state index in [4.69, 9.17) is 9.72 Å². The minimum Gasteiger partial charge on any atom is -0.496 e. The van der Waals surface area contributed by atoms with E-state index in [-0.39, 0.29) is 17.8 Å². The van der Waals surface area contributed by atoms with Crippen molar-refractivity contribution in [3.8, 4) is 5.75 Å². The molecule has 4 aromatic heterocycles. The van der Waals surface area contributed by atoms with Crippen LogP contribution in [0.3, 0.4) is 0 Å². The summed E-state index contributed by atoms with van der Waals surface area (Å²) in [6.07, 6.45) is 4.14. The van der Waals surface area contributed by atoms with E-state index in [9.17, 15) is 4.79 Å². The van der Waals surface area contributed by atoms with E-state index in [1.165, 1.54) is 15.3 Å². The third kappa shape index (κ3) is 4.37. The number of nitrogens with one attached hydrogen (secondary N) is 1. The van der Waals surface area contributed by atoms with Crippen LogP contribution in [0.4, 0.5) is 5.95 Å². The SMILES string of the molecule is CCc1c(C(c2ccccc2)c2ccc(C)s2)nc2cc(OC)c(C(=O)Nc3ncn(CC)n3)cn12. The number of thiophene rings is 1. The van der Waals surface area contributed by atoms with Gasteiger partial charge in [0.25, 0.3) is 5.91 Å². The summed E-state index contributed by atoms with van der Waals surface area (Å²) < 4.78 is 9.25. The second-order valence-electron chi connectivity index (χ2n) is 8.45. The molecule has 0 fully saturated rings. The standard InChI is InChI=1S/C27H28N6O2S/c1-5-20-25(24(18-10-8-7-9-11-18)22-13-12-17(3)36-22)29-23-14-21(35-4)19(15-33(20)23)26(34)30-27-28-16-32(6-2)31-27/h7-16,24H,5-6H2,1-4H3,(H,30,31,34). The van der Waals surface area contributed by atoms with Gasteiger partial charge < -0.3 is 9.14 Å². The highest BCUT2D eigenvalue weighted by molar-refractivity contribution is 7.12. The van der Waals surface area contributed by atoms with E-state index in [0.717, 1.165) is 23.5 Å². The van der Waals surface area contributed by atoms with Crippen LogP contribution in [0.25, 0.3) is 5.65 Å². The number of aryl methyl sites for hydroxylation is 3. The van der Waals surface area contributed by atoms with Gasteiger partial charge in [-0.3, -0.25) is 14.8 Å². The molecule has 0 bridgehead atoms. The molecular formula is C27H28N6O2S. The summed E-state index contributed by atoms with van der Waals surface area (Å²) in [7, 11) is 1.55. The Morgan fingerprint density at radius 3 is 2.61 bits per heavy atom. The molecule has 0 saturated carbocycles. The van der Waals surface area contributed by atoms with Crippen LogP contribution >= 0.6 is 11.3 Å². The minimum absolute atomic E-state index is 0.00905. The first-order chi connectivity index (χ1) is 17.5. The van der Waals surface area contributed by atoms with Crippen LogP contribution in [0.1, 0.15) is 56.8 Å². The van der Waals surface area contributed by atoms with Gasteiger partial charge in [0.05, 0.1) is 24.3 Å². The average Bonchev–Trinajstić information content (AvgIpc) is 3.62. The van der Waals surface area contributed by atoms with Gasteiger partial charge in [0.2, 0.25) is 5.95 Å². The lowest BCUT2D eigenvalue weighted by Crippen LogP contribution is -2.15. The Morgan fingerprint density at radius 2 is 1.97 bits per heavy atom. The molecule has 36 heavy (non-hydrogen) atoms. The highest BCUT2D eigenvalue weighted by Gasteiger charge is 2.26. The summed E-state index contributed by atoms with van der Waals surface area (Å²) in [5, 5.41) is 7.04. The number of ether oxygens (including phenoxy) is 1. The molecule has 0 aliphatic rings. The molecule has 5 aromatic rings. The molecule has 1 atom stereocenters. The van der Waals surface area contributed by atoms with Crippen LogP contribution < -0.4 is 10.1 Å². The lowest BCUT2D eigenvalue weighted by atomic mass is 9.92.